The third kappa shape index (κ3) is 5.60. The smallest absolute Gasteiger partial charge is 0.429 e. The highest BCUT2D eigenvalue weighted by Crippen LogP contribution is 2.47. The number of fused-ring (bicyclic) bond motifs is 3. The van der Waals surface area contributed by atoms with Crippen LogP contribution in [-0.2, 0) is 26.3 Å². The quantitative estimate of drug-likeness (QED) is 0.140. The minimum atomic E-state index is -4.70. The minimum absolute atomic E-state index is 0.156. The Morgan fingerprint density at radius 3 is 1.65 bits per heavy atom. The van der Waals surface area contributed by atoms with Gasteiger partial charge in [-0.15, -0.1) is 0 Å². The van der Waals surface area contributed by atoms with Crippen LogP contribution < -0.4 is 4.74 Å². The zero-order valence-corrected chi connectivity index (χ0v) is 23.8. The van der Waals surface area contributed by atoms with Crippen LogP contribution in [0.5, 0.6) is 5.75 Å². The van der Waals surface area contributed by atoms with Crippen molar-refractivity contribution in [3.8, 4) is 28.0 Å². The maximum atomic E-state index is 15.3. The maximum absolute atomic E-state index is 15.3. The van der Waals surface area contributed by atoms with E-state index in [0.29, 0.717) is 50.2 Å². The van der Waals surface area contributed by atoms with Crippen LogP contribution in [0.4, 0.5) is 39.5 Å². The van der Waals surface area contributed by atoms with Crippen molar-refractivity contribution >= 4 is 0 Å². The molecule has 7 rings (SSSR count). The summed E-state index contributed by atoms with van der Waals surface area (Å²) in [6.07, 6.45) is -3.01. The standard InChI is InChI=1S/C33H23F9O4/c1-2-7-31-14-43-33(44-15-31,45-16-31)19-3-5-21(23(34)12-19)17-8-25(36)29(26(37)9-17)32(41,42)46-20-4-6-22(24(35)13-20)18-10-27(38)30(40)28(39)11-18/h3-6,8-13H,2,7,14-16H2,1H3. The molecular weight excluding hydrogens is 631 g/mol. The normalized spacial score (nSPS) is 21.1. The Morgan fingerprint density at radius 1 is 0.652 bits per heavy atom. The topological polar surface area (TPSA) is 36.9 Å². The van der Waals surface area contributed by atoms with Gasteiger partial charge in [-0.2, -0.15) is 8.78 Å². The van der Waals surface area contributed by atoms with Crippen LogP contribution >= 0.6 is 0 Å². The fourth-order valence-corrected chi connectivity index (χ4v) is 5.64. The summed E-state index contributed by atoms with van der Waals surface area (Å²) in [5, 5.41) is 0. The molecule has 242 valence electrons. The molecule has 3 aliphatic heterocycles. The monoisotopic (exact) mass is 654 g/mol. The third-order valence-corrected chi connectivity index (χ3v) is 7.93. The summed E-state index contributed by atoms with van der Waals surface area (Å²) in [5.74, 6) is -13.4. The predicted molar refractivity (Wildman–Crippen MR) is 145 cm³/mol. The summed E-state index contributed by atoms with van der Waals surface area (Å²) >= 11 is 0. The van der Waals surface area contributed by atoms with Crippen molar-refractivity contribution in [3.05, 3.63) is 113 Å². The number of hydrogen-bond donors (Lipinski definition) is 0. The molecule has 3 heterocycles. The molecule has 3 fully saturated rings. The molecule has 0 spiro atoms. The van der Waals surface area contributed by atoms with Gasteiger partial charge in [0.1, 0.15) is 34.6 Å². The number of benzene rings is 4. The molecule has 4 aromatic carbocycles. The lowest BCUT2D eigenvalue weighted by Gasteiger charge is -2.51. The summed E-state index contributed by atoms with van der Waals surface area (Å²) < 4.78 is 152. The third-order valence-electron chi connectivity index (χ3n) is 7.93. The average Bonchev–Trinajstić information content (AvgIpc) is 3.00. The van der Waals surface area contributed by atoms with Gasteiger partial charge < -0.3 is 18.9 Å². The van der Waals surface area contributed by atoms with Gasteiger partial charge >= 0.3 is 12.1 Å². The molecule has 46 heavy (non-hydrogen) atoms. The van der Waals surface area contributed by atoms with Gasteiger partial charge in [0.2, 0.25) is 0 Å². The highest BCUT2D eigenvalue weighted by molar-refractivity contribution is 5.66. The molecule has 0 N–H and O–H groups in total. The van der Waals surface area contributed by atoms with Crippen LogP contribution in [0.15, 0.2) is 60.7 Å². The number of hydrogen-bond acceptors (Lipinski definition) is 4. The molecule has 3 saturated heterocycles. The molecule has 0 radical (unpaired) electrons. The minimum Gasteiger partial charge on any atom is -0.429 e. The van der Waals surface area contributed by atoms with Gasteiger partial charge in [0.15, 0.2) is 17.5 Å². The van der Waals surface area contributed by atoms with Gasteiger partial charge in [0.05, 0.1) is 19.8 Å². The first-order chi connectivity index (χ1) is 21.8. The maximum Gasteiger partial charge on any atom is 0.432 e. The number of ether oxygens (including phenoxy) is 4. The molecule has 0 atom stereocenters. The van der Waals surface area contributed by atoms with E-state index in [-0.39, 0.29) is 16.5 Å². The molecule has 3 aliphatic rings. The van der Waals surface area contributed by atoms with Crippen LogP contribution in [0, 0.1) is 46.1 Å². The predicted octanol–water partition coefficient (Wildman–Crippen LogP) is 9.10. The van der Waals surface area contributed by atoms with Gasteiger partial charge in [0, 0.05) is 28.2 Å². The fraction of sp³-hybridized carbons (Fsp3) is 0.273. The summed E-state index contributed by atoms with van der Waals surface area (Å²) in [5.41, 5.74) is -3.67. The van der Waals surface area contributed by atoms with E-state index in [1.165, 1.54) is 12.1 Å². The van der Waals surface area contributed by atoms with Gasteiger partial charge in [-0.05, 0) is 60.0 Å². The van der Waals surface area contributed by atoms with E-state index in [0.717, 1.165) is 31.0 Å². The molecule has 2 bridgehead atoms. The van der Waals surface area contributed by atoms with E-state index in [1.54, 1.807) is 0 Å². The van der Waals surface area contributed by atoms with E-state index in [1.807, 2.05) is 6.92 Å². The summed E-state index contributed by atoms with van der Waals surface area (Å²) in [6.45, 7) is 2.98. The summed E-state index contributed by atoms with van der Waals surface area (Å²) in [7, 11) is 0. The van der Waals surface area contributed by atoms with Crippen molar-refractivity contribution in [2.24, 2.45) is 5.41 Å². The van der Waals surface area contributed by atoms with Gasteiger partial charge in [-0.25, -0.2) is 30.7 Å². The van der Waals surface area contributed by atoms with E-state index in [4.69, 9.17) is 14.2 Å². The van der Waals surface area contributed by atoms with Gasteiger partial charge in [-0.1, -0.05) is 25.5 Å². The lowest BCUT2D eigenvalue weighted by Crippen LogP contribution is -2.58. The van der Waals surface area contributed by atoms with Crippen molar-refractivity contribution in [1.82, 2.24) is 0 Å². The van der Waals surface area contributed by atoms with Crippen LogP contribution in [0.1, 0.15) is 30.9 Å². The lowest BCUT2D eigenvalue weighted by molar-refractivity contribution is -0.480. The van der Waals surface area contributed by atoms with Crippen LogP contribution in [0.25, 0.3) is 22.3 Å². The first-order valence-corrected chi connectivity index (χ1v) is 14.0. The van der Waals surface area contributed by atoms with Crippen molar-refractivity contribution in [2.45, 2.75) is 31.8 Å². The second-order valence-electron chi connectivity index (χ2n) is 11.2. The van der Waals surface area contributed by atoms with E-state index >= 15 is 22.0 Å². The Labute approximate surface area is 256 Å². The van der Waals surface area contributed by atoms with E-state index in [9.17, 15) is 17.6 Å². The van der Waals surface area contributed by atoms with Gasteiger partial charge in [-0.3, -0.25) is 0 Å². The zero-order valence-electron chi connectivity index (χ0n) is 23.8. The summed E-state index contributed by atoms with van der Waals surface area (Å²) in [4.78, 5) is 0. The van der Waals surface area contributed by atoms with Crippen LogP contribution in [0.2, 0.25) is 0 Å². The number of alkyl halides is 2. The van der Waals surface area contributed by atoms with Crippen molar-refractivity contribution in [2.75, 3.05) is 19.8 Å². The zero-order chi connectivity index (χ0) is 33.0. The highest BCUT2D eigenvalue weighted by atomic mass is 19.3. The Hall–Kier alpha value is -4.07. The molecule has 13 heteroatoms. The van der Waals surface area contributed by atoms with Crippen molar-refractivity contribution in [3.63, 3.8) is 0 Å². The fourth-order valence-electron chi connectivity index (χ4n) is 5.64. The molecule has 0 aliphatic carbocycles. The molecule has 0 unspecified atom stereocenters. The highest BCUT2D eigenvalue weighted by Gasteiger charge is 2.53. The molecule has 0 saturated carbocycles. The van der Waals surface area contributed by atoms with Crippen molar-refractivity contribution in [1.29, 1.82) is 0 Å². The molecule has 4 aromatic rings. The Bertz CT molecular complexity index is 1760. The molecule has 4 nitrogen and oxygen atoms in total. The molecule has 0 aromatic heterocycles. The molecule has 0 amide bonds. The van der Waals surface area contributed by atoms with Crippen LogP contribution in [0.3, 0.4) is 0 Å². The first kappa shape index (κ1) is 31.9. The average molecular weight is 655 g/mol. The van der Waals surface area contributed by atoms with Crippen molar-refractivity contribution < 1.29 is 58.5 Å². The Morgan fingerprint density at radius 2 is 1.15 bits per heavy atom. The second-order valence-corrected chi connectivity index (χ2v) is 11.2. The van der Waals surface area contributed by atoms with E-state index in [2.05, 4.69) is 4.74 Å². The number of halogens is 9. The Kier molecular flexibility index (Phi) is 8.06. The number of rotatable bonds is 8. The second kappa shape index (κ2) is 11.6. The Balaban J connectivity index is 1.23. The molecular formula is C33H23F9O4. The SMILES string of the molecule is CCCC12COC(c3ccc(-c4cc(F)c(C(F)(F)Oc5ccc(-c6cc(F)c(F)c(F)c6)c(F)c5)c(F)c4)c(F)c3)(OC1)OC2. The first-order valence-electron chi connectivity index (χ1n) is 14.0. The van der Waals surface area contributed by atoms with Gasteiger partial charge in [0.25, 0.3) is 0 Å². The largest absolute Gasteiger partial charge is 0.432 e. The lowest BCUT2D eigenvalue weighted by atomic mass is 9.83. The van der Waals surface area contributed by atoms with E-state index < -0.39 is 80.8 Å². The van der Waals surface area contributed by atoms with Crippen LogP contribution in [-0.4, -0.2) is 19.8 Å². The summed E-state index contributed by atoms with van der Waals surface area (Å²) in [6, 6.07) is 7.44.